The van der Waals surface area contributed by atoms with Crippen LogP contribution in [0, 0.1) is 0 Å². The van der Waals surface area contributed by atoms with E-state index in [1.54, 1.807) is 24.3 Å². The smallest absolute Gasteiger partial charge is 0.344 e. The molecule has 25 heavy (non-hydrogen) atoms. The average Bonchev–Trinajstić information content (AvgIpc) is 3.07. The van der Waals surface area contributed by atoms with Gasteiger partial charge in [0.05, 0.1) is 11.1 Å². The summed E-state index contributed by atoms with van der Waals surface area (Å²) in [5.41, 5.74) is 4.03. The topological polar surface area (TPSA) is 56.3 Å². The van der Waals surface area contributed by atoms with Crippen LogP contribution in [0.5, 0.6) is 5.75 Å². The Morgan fingerprint density at radius 1 is 1.00 bits per heavy atom. The molecule has 2 aromatic carbocycles. The van der Waals surface area contributed by atoms with Crippen molar-refractivity contribution in [1.82, 2.24) is 4.98 Å². The quantitative estimate of drug-likeness (QED) is 0.411. The Morgan fingerprint density at radius 2 is 1.76 bits per heavy atom. The van der Waals surface area contributed by atoms with E-state index in [1.165, 1.54) is 6.92 Å². The fraction of sp³-hybridized carbons (Fsp3) is 0.190. The molecule has 0 spiro atoms. The normalized spacial score (nSPS) is 12.8. The number of fused-ring (bicyclic) bond motifs is 2. The summed E-state index contributed by atoms with van der Waals surface area (Å²) < 4.78 is 5.59. The molecule has 0 unspecified atom stereocenters. The SMILES string of the molecule is CC(=O)c1ccc(OC(=O)c2c3c(nc4ccccc24)CCC3)cc1. The van der Waals surface area contributed by atoms with E-state index in [-0.39, 0.29) is 11.8 Å². The fourth-order valence-corrected chi connectivity index (χ4v) is 3.36. The zero-order valence-corrected chi connectivity index (χ0v) is 13.9. The van der Waals surface area contributed by atoms with Gasteiger partial charge in [0, 0.05) is 16.6 Å². The molecule has 124 valence electrons. The van der Waals surface area contributed by atoms with Crippen LogP contribution in [0.2, 0.25) is 0 Å². The van der Waals surface area contributed by atoms with E-state index in [0.29, 0.717) is 16.9 Å². The molecule has 1 aliphatic rings. The van der Waals surface area contributed by atoms with E-state index in [1.807, 2.05) is 24.3 Å². The number of hydrogen-bond donors (Lipinski definition) is 0. The third-order valence-corrected chi connectivity index (χ3v) is 4.59. The number of benzene rings is 2. The van der Waals surface area contributed by atoms with Crippen molar-refractivity contribution in [3.63, 3.8) is 0 Å². The molecule has 0 amide bonds. The number of ether oxygens (including phenoxy) is 1. The number of rotatable bonds is 3. The average molecular weight is 331 g/mol. The standard InChI is InChI=1S/C21H17NO3/c1-13(23)14-9-11-15(12-10-14)25-21(24)20-16-5-2-3-7-18(16)22-19-8-4-6-17(19)20/h2-3,5,7,9-12H,4,6,8H2,1H3. The Kier molecular flexibility index (Phi) is 3.80. The molecule has 0 atom stereocenters. The number of Topliss-reactive ketones (excluding diaryl/α,β-unsaturated/α-hetero) is 1. The molecule has 1 aromatic heterocycles. The van der Waals surface area contributed by atoms with Gasteiger partial charge >= 0.3 is 5.97 Å². The van der Waals surface area contributed by atoms with Gasteiger partial charge in [-0.3, -0.25) is 9.78 Å². The summed E-state index contributed by atoms with van der Waals surface area (Å²) >= 11 is 0. The highest BCUT2D eigenvalue weighted by molar-refractivity contribution is 6.06. The maximum atomic E-state index is 12.9. The van der Waals surface area contributed by atoms with Gasteiger partial charge in [0.2, 0.25) is 0 Å². The van der Waals surface area contributed by atoms with Gasteiger partial charge < -0.3 is 4.74 Å². The second-order valence-electron chi connectivity index (χ2n) is 6.25. The molecule has 0 saturated carbocycles. The summed E-state index contributed by atoms with van der Waals surface area (Å²) in [4.78, 5) is 28.9. The number of carbonyl (C=O) groups excluding carboxylic acids is 2. The van der Waals surface area contributed by atoms with Gasteiger partial charge in [0.1, 0.15) is 5.75 Å². The van der Waals surface area contributed by atoms with Gasteiger partial charge in [-0.05, 0) is 62.1 Å². The molecule has 1 heterocycles. The lowest BCUT2D eigenvalue weighted by atomic mass is 10.0. The number of aryl methyl sites for hydroxylation is 1. The van der Waals surface area contributed by atoms with Crippen LogP contribution in [0.4, 0.5) is 0 Å². The van der Waals surface area contributed by atoms with Gasteiger partial charge in [0.25, 0.3) is 0 Å². The Morgan fingerprint density at radius 3 is 2.52 bits per heavy atom. The Balaban J connectivity index is 1.74. The van der Waals surface area contributed by atoms with Crippen molar-refractivity contribution in [2.24, 2.45) is 0 Å². The number of ketones is 1. The molecule has 0 fully saturated rings. The lowest BCUT2D eigenvalue weighted by molar-refractivity contribution is 0.0735. The van der Waals surface area contributed by atoms with Crippen molar-refractivity contribution in [2.75, 3.05) is 0 Å². The highest BCUT2D eigenvalue weighted by atomic mass is 16.5. The first-order chi connectivity index (χ1) is 12.1. The highest BCUT2D eigenvalue weighted by Crippen LogP contribution is 2.30. The van der Waals surface area contributed by atoms with E-state index in [0.717, 1.165) is 41.4 Å². The Labute approximate surface area is 145 Å². The minimum atomic E-state index is -0.368. The largest absolute Gasteiger partial charge is 0.423 e. The zero-order valence-electron chi connectivity index (χ0n) is 13.9. The highest BCUT2D eigenvalue weighted by Gasteiger charge is 2.25. The van der Waals surface area contributed by atoms with E-state index in [9.17, 15) is 9.59 Å². The van der Waals surface area contributed by atoms with Gasteiger partial charge in [-0.15, -0.1) is 0 Å². The molecule has 3 aromatic rings. The van der Waals surface area contributed by atoms with Crippen molar-refractivity contribution in [3.8, 4) is 5.75 Å². The zero-order chi connectivity index (χ0) is 17.4. The lowest BCUT2D eigenvalue weighted by Crippen LogP contribution is -2.13. The van der Waals surface area contributed by atoms with Crippen molar-refractivity contribution in [3.05, 3.63) is 70.9 Å². The molecule has 1 aliphatic carbocycles. The van der Waals surface area contributed by atoms with E-state index < -0.39 is 0 Å². The van der Waals surface area contributed by atoms with E-state index in [2.05, 4.69) is 0 Å². The molecular formula is C21H17NO3. The van der Waals surface area contributed by atoms with Gasteiger partial charge in [-0.1, -0.05) is 18.2 Å². The van der Waals surface area contributed by atoms with Crippen molar-refractivity contribution >= 4 is 22.7 Å². The molecule has 0 radical (unpaired) electrons. The van der Waals surface area contributed by atoms with Crippen LogP contribution in [-0.2, 0) is 12.8 Å². The number of hydrogen-bond acceptors (Lipinski definition) is 4. The Hall–Kier alpha value is -3.01. The molecule has 4 nitrogen and oxygen atoms in total. The first-order valence-corrected chi connectivity index (χ1v) is 8.37. The third kappa shape index (κ3) is 2.80. The van der Waals surface area contributed by atoms with Gasteiger partial charge in [0.15, 0.2) is 5.78 Å². The number of pyridine rings is 1. The second kappa shape index (κ2) is 6.13. The van der Waals surface area contributed by atoms with Gasteiger partial charge in [-0.25, -0.2) is 4.79 Å². The van der Waals surface area contributed by atoms with Crippen LogP contribution < -0.4 is 4.74 Å². The van der Waals surface area contributed by atoms with Gasteiger partial charge in [-0.2, -0.15) is 0 Å². The summed E-state index contributed by atoms with van der Waals surface area (Å²) in [6.45, 7) is 1.51. The molecule has 4 rings (SSSR count). The fourth-order valence-electron chi connectivity index (χ4n) is 3.36. The minimum absolute atomic E-state index is 0.0178. The van der Waals surface area contributed by atoms with Crippen LogP contribution >= 0.6 is 0 Å². The van der Waals surface area contributed by atoms with Crippen LogP contribution in [0.1, 0.15) is 45.3 Å². The Bertz CT molecular complexity index is 990. The van der Waals surface area contributed by atoms with Crippen molar-refractivity contribution in [1.29, 1.82) is 0 Å². The van der Waals surface area contributed by atoms with Crippen molar-refractivity contribution in [2.45, 2.75) is 26.2 Å². The van der Waals surface area contributed by atoms with Crippen LogP contribution in [0.25, 0.3) is 10.9 Å². The van der Waals surface area contributed by atoms with E-state index >= 15 is 0 Å². The van der Waals surface area contributed by atoms with Crippen LogP contribution in [-0.4, -0.2) is 16.7 Å². The number of nitrogens with zero attached hydrogens (tertiary/aromatic N) is 1. The molecule has 0 aliphatic heterocycles. The monoisotopic (exact) mass is 331 g/mol. The van der Waals surface area contributed by atoms with Crippen LogP contribution in [0.3, 0.4) is 0 Å². The minimum Gasteiger partial charge on any atom is -0.423 e. The first kappa shape index (κ1) is 15.5. The maximum absolute atomic E-state index is 12.9. The maximum Gasteiger partial charge on any atom is 0.344 e. The molecule has 0 N–H and O–H groups in total. The lowest BCUT2D eigenvalue weighted by Gasteiger charge is -2.12. The van der Waals surface area contributed by atoms with Crippen molar-refractivity contribution < 1.29 is 14.3 Å². The summed E-state index contributed by atoms with van der Waals surface area (Å²) in [6.07, 6.45) is 2.75. The predicted octanol–water partition coefficient (Wildman–Crippen LogP) is 4.15. The van der Waals surface area contributed by atoms with E-state index in [4.69, 9.17) is 9.72 Å². The number of carbonyl (C=O) groups is 2. The molecule has 0 saturated heterocycles. The first-order valence-electron chi connectivity index (χ1n) is 8.37. The summed E-state index contributed by atoms with van der Waals surface area (Å²) in [7, 11) is 0. The number of aromatic nitrogens is 1. The third-order valence-electron chi connectivity index (χ3n) is 4.59. The molecule has 4 heteroatoms. The number of esters is 1. The summed E-state index contributed by atoms with van der Waals surface area (Å²) in [5.74, 6) is 0.0470. The van der Waals surface area contributed by atoms with Crippen LogP contribution in [0.15, 0.2) is 48.5 Å². The molecular weight excluding hydrogens is 314 g/mol. The predicted molar refractivity (Wildman–Crippen MR) is 95.2 cm³/mol. The summed E-state index contributed by atoms with van der Waals surface area (Å²) in [5, 5.41) is 0.827. The molecule has 0 bridgehead atoms. The summed E-state index contributed by atoms with van der Waals surface area (Å²) in [6, 6.07) is 14.3. The second-order valence-corrected chi connectivity index (χ2v) is 6.25. The number of para-hydroxylation sites is 1.